The minimum absolute atomic E-state index is 0.0610. The number of fused-ring (bicyclic) bond motifs is 1. The normalized spacial score (nSPS) is 17.9. The standard InChI is InChI=1S/C10H12BrN5/c11-7-5-13-9-14-8(15-16(9)6-7)1-2-10(12)3-4-10/h5-6H,1-4,12H2. The van der Waals surface area contributed by atoms with E-state index in [2.05, 4.69) is 31.0 Å². The van der Waals surface area contributed by atoms with E-state index < -0.39 is 0 Å². The molecule has 3 rings (SSSR count). The average molecular weight is 282 g/mol. The molecular formula is C10H12BrN5. The number of aromatic nitrogens is 4. The highest BCUT2D eigenvalue weighted by atomic mass is 79.9. The van der Waals surface area contributed by atoms with E-state index >= 15 is 0 Å². The van der Waals surface area contributed by atoms with Gasteiger partial charge in [0.2, 0.25) is 0 Å². The lowest BCUT2D eigenvalue weighted by Crippen LogP contribution is -2.22. The van der Waals surface area contributed by atoms with E-state index in [9.17, 15) is 0 Å². The fraction of sp³-hybridized carbons (Fsp3) is 0.500. The summed E-state index contributed by atoms with van der Waals surface area (Å²) in [5, 5.41) is 4.36. The molecule has 1 aliphatic carbocycles. The molecule has 2 aromatic rings. The molecule has 0 bridgehead atoms. The van der Waals surface area contributed by atoms with Crippen LogP contribution in [0.1, 0.15) is 25.1 Å². The summed E-state index contributed by atoms with van der Waals surface area (Å²) < 4.78 is 2.59. The highest BCUT2D eigenvalue weighted by Crippen LogP contribution is 2.36. The van der Waals surface area contributed by atoms with Gasteiger partial charge in [-0.15, -0.1) is 5.10 Å². The molecule has 84 valence electrons. The summed E-state index contributed by atoms with van der Waals surface area (Å²) in [4.78, 5) is 8.52. The van der Waals surface area contributed by atoms with Crippen molar-refractivity contribution < 1.29 is 0 Å². The Kier molecular flexibility index (Phi) is 2.22. The van der Waals surface area contributed by atoms with Crippen molar-refractivity contribution in [1.82, 2.24) is 19.6 Å². The van der Waals surface area contributed by atoms with Gasteiger partial charge in [-0.05, 0) is 35.2 Å². The van der Waals surface area contributed by atoms with Crippen LogP contribution in [0.15, 0.2) is 16.9 Å². The Morgan fingerprint density at radius 1 is 1.50 bits per heavy atom. The van der Waals surface area contributed by atoms with Gasteiger partial charge in [-0.1, -0.05) is 0 Å². The van der Waals surface area contributed by atoms with Crippen molar-refractivity contribution >= 4 is 21.7 Å². The zero-order valence-electron chi connectivity index (χ0n) is 8.73. The van der Waals surface area contributed by atoms with Gasteiger partial charge in [-0.3, -0.25) is 0 Å². The maximum Gasteiger partial charge on any atom is 0.252 e. The summed E-state index contributed by atoms with van der Waals surface area (Å²) in [7, 11) is 0. The zero-order chi connectivity index (χ0) is 11.2. The molecule has 0 radical (unpaired) electrons. The molecule has 0 aliphatic heterocycles. The number of rotatable bonds is 3. The van der Waals surface area contributed by atoms with Gasteiger partial charge in [-0.2, -0.15) is 4.98 Å². The van der Waals surface area contributed by atoms with Crippen molar-refractivity contribution in [3.63, 3.8) is 0 Å². The zero-order valence-corrected chi connectivity index (χ0v) is 10.3. The summed E-state index contributed by atoms with van der Waals surface area (Å²) in [6, 6.07) is 0. The first-order valence-corrected chi connectivity index (χ1v) is 6.10. The molecule has 0 saturated heterocycles. The van der Waals surface area contributed by atoms with Crippen LogP contribution in [0.25, 0.3) is 5.78 Å². The molecule has 6 heteroatoms. The quantitative estimate of drug-likeness (QED) is 0.921. The van der Waals surface area contributed by atoms with Crippen LogP contribution in [0.4, 0.5) is 0 Å². The van der Waals surface area contributed by atoms with E-state index in [1.807, 2.05) is 6.20 Å². The van der Waals surface area contributed by atoms with Crippen LogP contribution in [0.3, 0.4) is 0 Å². The second kappa shape index (κ2) is 3.49. The minimum atomic E-state index is 0.0610. The highest BCUT2D eigenvalue weighted by Gasteiger charge is 2.37. The summed E-state index contributed by atoms with van der Waals surface area (Å²) >= 11 is 3.35. The summed E-state index contributed by atoms with van der Waals surface area (Å²) in [5.74, 6) is 1.46. The summed E-state index contributed by atoms with van der Waals surface area (Å²) in [6.45, 7) is 0. The van der Waals surface area contributed by atoms with Crippen molar-refractivity contribution in [2.45, 2.75) is 31.2 Å². The molecule has 0 amide bonds. The van der Waals surface area contributed by atoms with Crippen molar-refractivity contribution in [2.75, 3.05) is 0 Å². The van der Waals surface area contributed by atoms with Crippen molar-refractivity contribution in [2.24, 2.45) is 5.73 Å². The number of aryl methyl sites for hydroxylation is 1. The second-order valence-corrected chi connectivity index (χ2v) is 5.32. The second-order valence-electron chi connectivity index (χ2n) is 4.41. The Bertz CT molecular complexity index is 531. The van der Waals surface area contributed by atoms with E-state index in [0.717, 1.165) is 36.0 Å². The first kappa shape index (κ1) is 10.2. The van der Waals surface area contributed by atoms with Gasteiger partial charge in [0.15, 0.2) is 5.82 Å². The Labute approximate surface area is 101 Å². The molecule has 2 N–H and O–H groups in total. The minimum Gasteiger partial charge on any atom is -0.325 e. The molecule has 0 aromatic carbocycles. The van der Waals surface area contributed by atoms with Crippen LogP contribution >= 0.6 is 15.9 Å². The van der Waals surface area contributed by atoms with E-state index in [1.165, 1.54) is 0 Å². The Balaban J connectivity index is 1.82. The van der Waals surface area contributed by atoms with Crippen LogP contribution in [0, 0.1) is 0 Å². The van der Waals surface area contributed by atoms with Gasteiger partial charge >= 0.3 is 0 Å². The molecule has 0 unspecified atom stereocenters. The first-order chi connectivity index (χ1) is 7.65. The van der Waals surface area contributed by atoms with E-state index in [-0.39, 0.29) is 5.54 Å². The molecule has 1 saturated carbocycles. The Morgan fingerprint density at radius 3 is 3.06 bits per heavy atom. The maximum atomic E-state index is 6.03. The Morgan fingerprint density at radius 2 is 2.31 bits per heavy atom. The average Bonchev–Trinajstić information content (AvgIpc) is 2.85. The van der Waals surface area contributed by atoms with Crippen LogP contribution in [-0.2, 0) is 6.42 Å². The third-order valence-electron chi connectivity index (χ3n) is 2.94. The third-order valence-corrected chi connectivity index (χ3v) is 3.35. The molecule has 2 aromatic heterocycles. The van der Waals surface area contributed by atoms with Crippen LogP contribution in [-0.4, -0.2) is 25.1 Å². The number of nitrogens with two attached hydrogens (primary N) is 1. The lowest BCUT2D eigenvalue weighted by molar-refractivity contribution is 0.595. The molecule has 0 spiro atoms. The van der Waals surface area contributed by atoms with Crippen LogP contribution < -0.4 is 5.73 Å². The lowest BCUT2D eigenvalue weighted by atomic mass is 10.1. The fourth-order valence-corrected chi connectivity index (χ4v) is 1.98. The first-order valence-electron chi connectivity index (χ1n) is 5.30. The van der Waals surface area contributed by atoms with E-state index in [0.29, 0.717) is 5.78 Å². The highest BCUT2D eigenvalue weighted by molar-refractivity contribution is 9.10. The van der Waals surface area contributed by atoms with Gasteiger partial charge in [-0.25, -0.2) is 9.50 Å². The fourth-order valence-electron chi connectivity index (χ4n) is 1.68. The van der Waals surface area contributed by atoms with Crippen molar-refractivity contribution in [3.05, 3.63) is 22.7 Å². The predicted molar refractivity (Wildman–Crippen MR) is 63.0 cm³/mol. The molecule has 16 heavy (non-hydrogen) atoms. The van der Waals surface area contributed by atoms with Crippen LogP contribution in [0.5, 0.6) is 0 Å². The summed E-state index contributed by atoms with van der Waals surface area (Å²) in [5.41, 5.74) is 6.09. The molecule has 1 aliphatic rings. The molecule has 0 atom stereocenters. The van der Waals surface area contributed by atoms with Crippen LogP contribution in [0.2, 0.25) is 0 Å². The smallest absolute Gasteiger partial charge is 0.252 e. The summed E-state index contributed by atoms with van der Waals surface area (Å²) in [6.07, 6.45) is 7.63. The molecule has 5 nitrogen and oxygen atoms in total. The van der Waals surface area contributed by atoms with Gasteiger partial charge in [0, 0.05) is 24.4 Å². The monoisotopic (exact) mass is 281 g/mol. The maximum absolute atomic E-state index is 6.03. The molecule has 1 fully saturated rings. The van der Waals surface area contributed by atoms with Gasteiger partial charge in [0.25, 0.3) is 5.78 Å². The van der Waals surface area contributed by atoms with Gasteiger partial charge in [0.05, 0.1) is 4.47 Å². The molecular weight excluding hydrogens is 270 g/mol. The third kappa shape index (κ3) is 1.94. The molecule has 2 heterocycles. The SMILES string of the molecule is NC1(CCc2nc3ncc(Br)cn3n2)CC1. The van der Waals surface area contributed by atoms with Crippen molar-refractivity contribution in [1.29, 1.82) is 0 Å². The number of hydrogen-bond acceptors (Lipinski definition) is 4. The lowest BCUT2D eigenvalue weighted by Gasteiger charge is -2.04. The number of hydrogen-bond donors (Lipinski definition) is 1. The number of nitrogens with zero attached hydrogens (tertiary/aromatic N) is 4. The van der Waals surface area contributed by atoms with Gasteiger partial charge in [0.1, 0.15) is 0 Å². The van der Waals surface area contributed by atoms with Gasteiger partial charge < -0.3 is 5.73 Å². The predicted octanol–water partition coefficient (Wildman–Crippen LogP) is 1.31. The largest absolute Gasteiger partial charge is 0.325 e. The number of halogens is 1. The van der Waals surface area contributed by atoms with E-state index in [4.69, 9.17) is 5.73 Å². The topological polar surface area (TPSA) is 69.1 Å². The van der Waals surface area contributed by atoms with E-state index in [1.54, 1.807) is 10.7 Å². The van der Waals surface area contributed by atoms with Crippen molar-refractivity contribution in [3.8, 4) is 0 Å². The Hall–Kier alpha value is -1.01.